The van der Waals surface area contributed by atoms with Crippen LogP contribution in [0.4, 0.5) is 0 Å². The summed E-state index contributed by atoms with van der Waals surface area (Å²) in [4.78, 5) is 8.60. The Morgan fingerprint density at radius 1 is 1.47 bits per heavy atom. The molecule has 0 bridgehead atoms. The average molecular weight is 242 g/mol. The molecule has 1 aromatic heterocycles. The number of thiol groups is 1. The lowest BCUT2D eigenvalue weighted by atomic mass is 10.0. The van der Waals surface area contributed by atoms with Crippen LogP contribution in [0, 0.1) is 18.8 Å². The fourth-order valence-electron chi connectivity index (χ4n) is 1.13. The zero-order chi connectivity index (χ0) is 11.3. The molecule has 15 heavy (non-hydrogen) atoms. The molecule has 0 saturated heterocycles. The summed E-state index contributed by atoms with van der Waals surface area (Å²) in [7, 11) is 0. The first-order valence-electron chi connectivity index (χ1n) is 5.16. The lowest BCUT2D eigenvalue weighted by Gasteiger charge is -2.17. The number of thioether (sulfide) groups is 1. The third-order valence-electron chi connectivity index (χ3n) is 2.38. The standard InChI is InChI=1S/C11H18N2S2/c1-8(2)10(6-14)7-15-11-12-5-4-9(3)13-11/h4-5,8,10,14H,6-7H2,1-3H3. The number of aromatic nitrogens is 2. The second-order valence-corrected chi connectivity index (χ2v) is 5.33. The molecule has 0 fully saturated rings. The van der Waals surface area contributed by atoms with E-state index in [-0.39, 0.29) is 0 Å². The van der Waals surface area contributed by atoms with Crippen LogP contribution in [0.15, 0.2) is 17.4 Å². The number of hydrogen-bond donors (Lipinski definition) is 1. The second-order valence-electron chi connectivity index (χ2n) is 3.98. The largest absolute Gasteiger partial charge is 0.231 e. The van der Waals surface area contributed by atoms with Crippen molar-refractivity contribution in [3.05, 3.63) is 18.0 Å². The molecule has 84 valence electrons. The first-order chi connectivity index (χ1) is 7.13. The van der Waals surface area contributed by atoms with Gasteiger partial charge in [-0.1, -0.05) is 25.6 Å². The molecule has 0 saturated carbocycles. The summed E-state index contributed by atoms with van der Waals surface area (Å²) in [5.41, 5.74) is 1.03. The van der Waals surface area contributed by atoms with Gasteiger partial charge in [-0.15, -0.1) is 0 Å². The minimum Gasteiger partial charge on any atom is -0.231 e. The Morgan fingerprint density at radius 3 is 2.73 bits per heavy atom. The predicted octanol–water partition coefficient (Wildman–Crippen LogP) is 3.08. The summed E-state index contributed by atoms with van der Waals surface area (Å²) in [5, 5.41) is 0.877. The van der Waals surface area contributed by atoms with Crippen LogP contribution in [0.5, 0.6) is 0 Å². The summed E-state index contributed by atoms with van der Waals surface area (Å²) < 4.78 is 0. The molecule has 0 radical (unpaired) electrons. The monoisotopic (exact) mass is 242 g/mol. The molecule has 0 amide bonds. The first-order valence-corrected chi connectivity index (χ1v) is 6.78. The zero-order valence-corrected chi connectivity index (χ0v) is 11.2. The van der Waals surface area contributed by atoms with Crippen molar-refractivity contribution in [2.45, 2.75) is 25.9 Å². The van der Waals surface area contributed by atoms with E-state index in [1.54, 1.807) is 11.8 Å². The average Bonchev–Trinajstić information content (AvgIpc) is 2.18. The first kappa shape index (κ1) is 12.8. The van der Waals surface area contributed by atoms with Crippen LogP contribution in [-0.4, -0.2) is 21.5 Å². The second kappa shape index (κ2) is 6.38. The van der Waals surface area contributed by atoms with E-state index in [2.05, 4.69) is 36.4 Å². The number of rotatable bonds is 5. The lowest BCUT2D eigenvalue weighted by Crippen LogP contribution is -2.13. The summed E-state index contributed by atoms with van der Waals surface area (Å²) in [5.74, 6) is 3.27. The molecule has 1 unspecified atom stereocenters. The highest BCUT2D eigenvalue weighted by molar-refractivity contribution is 7.99. The van der Waals surface area contributed by atoms with Crippen molar-refractivity contribution >= 4 is 24.4 Å². The third-order valence-corrected chi connectivity index (χ3v) is 3.90. The van der Waals surface area contributed by atoms with Crippen molar-refractivity contribution in [3.8, 4) is 0 Å². The van der Waals surface area contributed by atoms with Crippen LogP contribution < -0.4 is 0 Å². The van der Waals surface area contributed by atoms with Gasteiger partial charge in [-0.2, -0.15) is 12.6 Å². The maximum atomic E-state index is 4.37. The number of nitrogens with zero attached hydrogens (tertiary/aromatic N) is 2. The van der Waals surface area contributed by atoms with Crippen molar-refractivity contribution < 1.29 is 0 Å². The normalized spacial score (nSPS) is 13.1. The topological polar surface area (TPSA) is 25.8 Å². The van der Waals surface area contributed by atoms with Crippen LogP contribution in [0.1, 0.15) is 19.5 Å². The van der Waals surface area contributed by atoms with E-state index < -0.39 is 0 Å². The third kappa shape index (κ3) is 4.43. The van der Waals surface area contributed by atoms with Crippen molar-refractivity contribution in [2.75, 3.05) is 11.5 Å². The van der Waals surface area contributed by atoms with E-state index in [1.165, 1.54) is 0 Å². The van der Waals surface area contributed by atoms with Gasteiger partial charge in [0.25, 0.3) is 0 Å². The minimum absolute atomic E-state index is 0.627. The van der Waals surface area contributed by atoms with Gasteiger partial charge in [0.2, 0.25) is 0 Å². The van der Waals surface area contributed by atoms with E-state index in [0.29, 0.717) is 11.8 Å². The highest BCUT2D eigenvalue weighted by Crippen LogP contribution is 2.22. The molecule has 0 aliphatic rings. The lowest BCUT2D eigenvalue weighted by molar-refractivity contribution is 0.473. The maximum absolute atomic E-state index is 4.37. The fraction of sp³-hybridized carbons (Fsp3) is 0.636. The van der Waals surface area contributed by atoms with E-state index in [9.17, 15) is 0 Å². The van der Waals surface area contributed by atoms with Gasteiger partial charge in [0, 0.05) is 17.6 Å². The molecule has 4 heteroatoms. The maximum Gasteiger partial charge on any atom is 0.187 e. The van der Waals surface area contributed by atoms with Gasteiger partial charge in [0.05, 0.1) is 0 Å². The molecule has 1 aromatic rings. The van der Waals surface area contributed by atoms with Gasteiger partial charge < -0.3 is 0 Å². The Kier molecular flexibility index (Phi) is 5.47. The van der Waals surface area contributed by atoms with Crippen LogP contribution in [-0.2, 0) is 0 Å². The van der Waals surface area contributed by atoms with Gasteiger partial charge in [0.1, 0.15) is 0 Å². The Labute approximate surface area is 102 Å². The molecular formula is C11H18N2S2. The van der Waals surface area contributed by atoms with Gasteiger partial charge in [-0.3, -0.25) is 0 Å². The van der Waals surface area contributed by atoms with E-state index in [0.717, 1.165) is 22.4 Å². The fourth-order valence-corrected chi connectivity index (χ4v) is 3.07. The Balaban J connectivity index is 2.49. The van der Waals surface area contributed by atoms with Gasteiger partial charge in [-0.25, -0.2) is 9.97 Å². The van der Waals surface area contributed by atoms with Crippen molar-refractivity contribution in [1.29, 1.82) is 0 Å². The van der Waals surface area contributed by atoms with Crippen molar-refractivity contribution in [3.63, 3.8) is 0 Å². The molecule has 1 heterocycles. The molecule has 0 aliphatic carbocycles. The summed E-state index contributed by atoms with van der Waals surface area (Å²) in [6, 6.07) is 1.92. The Bertz CT molecular complexity index is 302. The summed E-state index contributed by atoms with van der Waals surface area (Å²) in [6.07, 6.45) is 1.82. The molecule has 1 rings (SSSR count). The highest BCUT2D eigenvalue weighted by Gasteiger charge is 2.12. The van der Waals surface area contributed by atoms with E-state index in [4.69, 9.17) is 0 Å². The van der Waals surface area contributed by atoms with E-state index >= 15 is 0 Å². The smallest absolute Gasteiger partial charge is 0.187 e. The van der Waals surface area contributed by atoms with Crippen LogP contribution in [0.2, 0.25) is 0 Å². The van der Waals surface area contributed by atoms with Crippen molar-refractivity contribution in [1.82, 2.24) is 9.97 Å². The zero-order valence-electron chi connectivity index (χ0n) is 9.47. The molecule has 1 atom stereocenters. The number of hydrogen-bond acceptors (Lipinski definition) is 4. The Morgan fingerprint density at radius 2 is 2.20 bits per heavy atom. The molecular weight excluding hydrogens is 224 g/mol. The van der Waals surface area contributed by atoms with Gasteiger partial charge in [-0.05, 0) is 30.6 Å². The van der Waals surface area contributed by atoms with Gasteiger partial charge >= 0.3 is 0 Å². The van der Waals surface area contributed by atoms with Gasteiger partial charge in [0.15, 0.2) is 5.16 Å². The molecule has 2 nitrogen and oxygen atoms in total. The number of aryl methyl sites for hydroxylation is 1. The Hall–Kier alpha value is -0.220. The molecule has 0 aliphatic heterocycles. The quantitative estimate of drug-likeness (QED) is 0.488. The molecule has 0 aromatic carbocycles. The molecule has 0 N–H and O–H groups in total. The van der Waals surface area contributed by atoms with Crippen LogP contribution >= 0.6 is 24.4 Å². The SMILES string of the molecule is Cc1ccnc(SCC(CS)C(C)C)n1. The summed E-state index contributed by atoms with van der Waals surface area (Å²) in [6.45, 7) is 6.46. The van der Waals surface area contributed by atoms with E-state index in [1.807, 2.05) is 19.2 Å². The summed E-state index contributed by atoms with van der Waals surface area (Å²) >= 11 is 6.09. The molecule has 0 spiro atoms. The van der Waals surface area contributed by atoms with Crippen LogP contribution in [0.25, 0.3) is 0 Å². The predicted molar refractivity (Wildman–Crippen MR) is 69.7 cm³/mol. The minimum atomic E-state index is 0.627. The van der Waals surface area contributed by atoms with Crippen LogP contribution in [0.3, 0.4) is 0 Å². The highest BCUT2D eigenvalue weighted by atomic mass is 32.2. The van der Waals surface area contributed by atoms with Crippen molar-refractivity contribution in [2.24, 2.45) is 11.8 Å².